The second-order valence-corrected chi connectivity index (χ2v) is 5.11. The molecule has 0 bridgehead atoms. The largest absolute Gasteiger partial charge is 0.474 e. The number of aliphatic imine (C=N–C) groups is 1. The Bertz CT molecular complexity index is 422. The number of hydrogen-bond acceptors (Lipinski definition) is 2. The molecule has 0 N–H and O–H groups in total. The van der Waals surface area contributed by atoms with E-state index in [1.807, 2.05) is 36.4 Å². The Labute approximate surface area is 109 Å². The van der Waals surface area contributed by atoms with Gasteiger partial charge in [-0.2, -0.15) is 0 Å². The fraction of sp³-hybridized carbons (Fsp3) is 0.438. The van der Waals surface area contributed by atoms with Gasteiger partial charge in [0.05, 0.1) is 6.04 Å². The van der Waals surface area contributed by atoms with E-state index in [2.05, 4.69) is 20.4 Å². The summed E-state index contributed by atoms with van der Waals surface area (Å²) in [6.07, 6.45) is 4.01. The highest BCUT2D eigenvalue weighted by molar-refractivity contribution is 5.94. The molecule has 0 radical (unpaired) electrons. The van der Waals surface area contributed by atoms with Crippen LogP contribution in [0.25, 0.3) is 0 Å². The first-order chi connectivity index (χ1) is 8.70. The highest BCUT2D eigenvalue weighted by atomic mass is 16.5. The Morgan fingerprint density at radius 2 is 2.11 bits per heavy atom. The van der Waals surface area contributed by atoms with Crippen LogP contribution in [0.1, 0.15) is 32.3 Å². The lowest BCUT2D eigenvalue weighted by atomic mass is 9.95. The van der Waals surface area contributed by atoms with Gasteiger partial charge in [-0.15, -0.1) is 6.58 Å². The van der Waals surface area contributed by atoms with Crippen molar-refractivity contribution in [1.29, 1.82) is 0 Å². The first kappa shape index (κ1) is 12.9. The minimum Gasteiger partial charge on any atom is -0.474 e. The van der Waals surface area contributed by atoms with E-state index in [0.29, 0.717) is 12.0 Å². The van der Waals surface area contributed by atoms with Gasteiger partial charge in [0.25, 0.3) is 0 Å². The van der Waals surface area contributed by atoms with Crippen LogP contribution in [0.5, 0.6) is 0 Å². The molecule has 18 heavy (non-hydrogen) atoms. The van der Waals surface area contributed by atoms with Crippen LogP contribution in [0, 0.1) is 5.92 Å². The van der Waals surface area contributed by atoms with E-state index in [1.54, 1.807) is 0 Å². The smallest absolute Gasteiger partial charge is 0.216 e. The van der Waals surface area contributed by atoms with Gasteiger partial charge < -0.3 is 4.74 Å². The van der Waals surface area contributed by atoms with Gasteiger partial charge in [-0.25, -0.2) is 4.99 Å². The van der Waals surface area contributed by atoms with Gasteiger partial charge in [0, 0.05) is 18.4 Å². The number of nitrogens with zero attached hydrogens (tertiary/aromatic N) is 1. The van der Waals surface area contributed by atoms with Crippen molar-refractivity contribution in [3.63, 3.8) is 0 Å². The maximum atomic E-state index is 5.97. The average molecular weight is 243 g/mol. The molecular weight excluding hydrogens is 222 g/mol. The van der Waals surface area contributed by atoms with E-state index in [9.17, 15) is 0 Å². The molecule has 2 heteroatoms. The number of hydrogen-bond donors (Lipinski definition) is 0. The van der Waals surface area contributed by atoms with Crippen molar-refractivity contribution in [2.75, 3.05) is 0 Å². The van der Waals surface area contributed by atoms with Gasteiger partial charge in [-0.1, -0.05) is 38.1 Å². The van der Waals surface area contributed by atoms with Crippen molar-refractivity contribution < 1.29 is 4.74 Å². The van der Waals surface area contributed by atoms with Gasteiger partial charge in [0.2, 0.25) is 5.90 Å². The van der Waals surface area contributed by atoms with Crippen molar-refractivity contribution in [3.8, 4) is 0 Å². The normalized spacial score (nSPS) is 23.4. The van der Waals surface area contributed by atoms with Crippen molar-refractivity contribution in [2.45, 2.75) is 38.8 Å². The predicted molar refractivity (Wildman–Crippen MR) is 75.9 cm³/mol. The zero-order valence-corrected chi connectivity index (χ0v) is 11.2. The topological polar surface area (TPSA) is 21.6 Å². The molecular formula is C16H21NO. The molecule has 0 fully saturated rings. The molecule has 0 saturated carbocycles. The lowest BCUT2D eigenvalue weighted by Crippen LogP contribution is -2.32. The molecule has 0 amide bonds. The molecule has 2 nitrogen and oxygen atoms in total. The quantitative estimate of drug-likeness (QED) is 0.737. The standard InChI is InChI=1S/C16H21NO/c1-4-8-14-11-15(12(2)3)17-16(18-14)13-9-6-5-7-10-13/h4-7,9-10,12,14-15H,1,8,11H2,2-3H3/t14-,15-/m1/s1. The van der Waals surface area contributed by atoms with E-state index in [0.717, 1.165) is 24.3 Å². The summed E-state index contributed by atoms with van der Waals surface area (Å²) in [5, 5.41) is 0. The minimum absolute atomic E-state index is 0.211. The van der Waals surface area contributed by atoms with Gasteiger partial charge in [0.1, 0.15) is 6.10 Å². The summed E-state index contributed by atoms with van der Waals surface area (Å²) in [7, 11) is 0. The van der Waals surface area contributed by atoms with Crippen LogP contribution in [0.3, 0.4) is 0 Å². The first-order valence-electron chi connectivity index (χ1n) is 6.61. The Balaban J connectivity index is 2.24. The van der Waals surface area contributed by atoms with Crippen LogP contribution in [-0.2, 0) is 4.74 Å². The summed E-state index contributed by atoms with van der Waals surface area (Å²) in [4.78, 5) is 4.74. The third kappa shape index (κ3) is 3.00. The average Bonchev–Trinajstić information content (AvgIpc) is 2.40. The van der Waals surface area contributed by atoms with E-state index in [4.69, 9.17) is 9.73 Å². The molecule has 1 aliphatic rings. The Morgan fingerprint density at radius 3 is 2.72 bits per heavy atom. The number of benzene rings is 1. The molecule has 2 rings (SSSR count). The molecule has 0 spiro atoms. The Kier molecular flexibility index (Phi) is 4.19. The third-order valence-corrected chi connectivity index (χ3v) is 3.29. The van der Waals surface area contributed by atoms with Crippen LogP contribution < -0.4 is 0 Å². The van der Waals surface area contributed by atoms with Crippen LogP contribution in [0.15, 0.2) is 48.0 Å². The SMILES string of the molecule is C=CC[C@@H]1C[C@H](C(C)C)N=C(c2ccccc2)O1. The van der Waals surface area contributed by atoms with Crippen molar-refractivity contribution >= 4 is 5.90 Å². The lowest BCUT2D eigenvalue weighted by Gasteiger charge is -2.30. The van der Waals surface area contributed by atoms with Gasteiger partial charge >= 0.3 is 0 Å². The Hall–Kier alpha value is -1.57. The highest BCUT2D eigenvalue weighted by Crippen LogP contribution is 2.24. The van der Waals surface area contributed by atoms with Crippen LogP contribution in [0.4, 0.5) is 0 Å². The van der Waals surface area contributed by atoms with Crippen LogP contribution in [-0.4, -0.2) is 18.0 Å². The second-order valence-electron chi connectivity index (χ2n) is 5.11. The Morgan fingerprint density at radius 1 is 1.39 bits per heavy atom. The summed E-state index contributed by atoms with van der Waals surface area (Å²) >= 11 is 0. The van der Waals surface area contributed by atoms with E-state index >= 15 is 0 Å². The highest BCUT2D eigenvalue weighted by Gasteiger charge is 2.26. The molecule has 1 heterocycles. The summed E-state index contributed by atoms with van der Waals surface area (Å²) in [5.74, 6) is 1.33. The zero-order chi connectivity index (χ0) is 13.0. The van der Waals surface area contributed by atoms with Crippen molar-refractivity contribution in [2.24, 2.45) is 10.9 Å². The van der Waals surface area contributed by atoms with Gasteiger partial charge in [0.15, 0.2) is 0 Å². The number of ether oxygens (including phenoxy) is 1. The molecule has 2 atom stereocenters. The van der Waals surface area contributed by atoms with Crippen LogP contribution >= 0.6 is 0 Å². The molecule has 1 aromatic rings. The summed E-state index contributed by atoms with van der Waals surface area (Å²) in [5.41, 5.74) is 1.07. The lowest BCUT2D eigenvalue weighted by molar-refractivity contribution is 0.142. The fourth-order valence-corrected chi connectivity index (χ4v) is 2.18. The van der Waals surface area contributed by atoms with E-state index in [-0.39, 0.29) is 6.10 Å². The maximum Gasteiger partial charge on any atom is 0.216 e. The summed E-state index contributed by atoms with van der Waals surface area (Å²) < 4.78 is 5.97. The minimum atomic E-state index is 0.211. The molecule has 0 aromatic heterocycles. The van der Waals surface area contributed by atoms with E-state index in [1.165, 1.54) is 0 Å². The molecule has 96 valence electrons. The predicted octanol–water partition coefficient (Wildman–Crippen LogP) is 3.82. The molecule has 1 aromatic carbocycles. The zero-order valence-electron chi connectivity index (χ0n) is 11.2. The second kappa shape index (κ2) is 5.85. The first-order valence-corrected chi connectivity index (χ1v) is 6.61. The monoisotopic (exact) mass is 243 g/mol. The fourth-order valence-electron chi connectivity index (χ4n) is 2.18. The molecule has 0 aliphatic carbocycles. The van der Waals surface area contributed by atoms with E-state index < -0.39 is 0 Å². The third-order valence-electron chi connectivity index (χ3n) is 3.29. The molecule has 1 aliphatic heterocycles. The number of rotatable bonds is 4. The van der Waals surface area contributed by atoms with Gasteiger partial charge in [-0.3, -0.25) is 0 Å². The van der Waals surface area contributed by atoms with Crippen LogP contribution in [0.2, 0.25) is 0 Å². The van der Waals surface area contributed by atoms with Crippen molar-refractivity contribution in [1.82, 2.24) is 0 Å². The maximum absolute atomic E-state index is 5.97. The summed E-state index contributed by atoms with van der Waals surface area (Å²) in [6.45, 7) is 8.23. The van der Waals surface area contributed by atoms with Gasteiger partial charge in [-0.05, 0) is 18.1 Å². The summed E-state index contributed by atoms with van der Waals surface area (Å²) in [6, 6.07) is 10.5. The molecule has 0 unspecified atom stereocenters. The van der Waals surface area contributed by atoms with Crippen molar-refractivity contribution in [3.05, 3.63) is 48.6 Å². The molecule has 0 saturated heterocycles.